The van der Waals surface area contributed by atoms with Crippen LogP contribution < -0.4 is 10.5 Å². The van der Waals surface area contributed by atoms with Crippen molar-refractivity contribution in [2.24, 2.45) is 5.73 Å². The highest BCUT2D eigenvalue weighted by Crippen LogP contribution is 2.18. The number of Topliss-reactive ketones (excluding diaryl/α,β-unsaturated/α-hetero) is 1. The van der Waals surface area contributed by atoms with E-state index in [4.69, 9.17) is 15.9 Å². The van der Waals surface area contributed by atoms with E-state index < -0.39 is 5.97 Å². The Hall–Kier alpha value is -1.89. The zero-order valence-corrected chi connectivity index (χ0v) is 13.6. The average Bonchev–Trinajstić information content (AvgIpc) is 2.46. The van der Waals surface area contributed by atoms with Gasteiger partial charge in [-0.1, -0.05) is 28.1 Å². The number of para-hydroxylation sites is 1. The van der Waals surface area contributed by atoms with Crippen LogP contribution in [0.4, 0.5) is 0 Å². The van der Waals surface area contributed by atoms with E-state index in [1.165, 1.54) is 0 Å². The van der Waals surface area contributed by atoms with Gasteiger partial charge in [0.25, 0.3) is 0 Å². The van der Waals surface area contributed by atoms with Gasteiger partial charge in [-0.05, 0) is 19.1 Å². The van der Waals surface area contributed by atoms with Crippen LogP contribution in [0.1, 0.15) is 23.7 Å². The molecule has 3 N–H and O–H groups in total. The molecule has 1 aromatic rings. The van der Waals surface area contributed by atoms with E-state index in [1.54, 1.807) is 26.2 Å². The predicted molar refractivity (Wildman–Crippen MR) is 84.3 cm³/mol. The molecule has 0 atom stereocenters. The third-order valence-corrected chi connectivity index (χ3v) is 2.68. The predicted octanol–water partition coefficient (Wildman–Crippen LogP) is 2.15. The third kappa shape index (κ3) is 8.09. The summed E-state index contributed by atoms with van der Waals surface area (Å²) in [6, 6.07) is 7.18. The van der Waals surface area contributed by atoms with Gasteiger partial charge in [0, 0.05) is 0 Å². The van der Waals surface area contributed by atoms with E-state index >= 15 is 0 Å². The van der Waals surface area contributed by atoms with Crippen LogP contribution in [-0.4, -0.2) is 36.6 Å². The van der Waals surface area contributed by atoms with Crippen molar-refractivity contribution in [3.05, 3.63) is 29.8 Å². The smallest absolute Gasteiger partial charge is 0.313 e. The molecule has 0 bridgehead atoms. The number of amidine groups is 1. The minimum Gasteiger partial charge on any atom is -0.496 e. The first kappa shape index (κ1) is 19.1. The molecule has 0 aromatic heterocycles. The average molecular weight is 359 g/mol. The summed E-state index contributed by atoms with van der Waals surface area (Å²) >= 11 is 3.11. The molecule has 0 saturated carbocycles. The van der Waals surface area contributed by atoms with Crippen LogP contribution in [0.5, 0.6) is 5.75 Å². The molecule has 21 heavy (non-hydrogen) atoms. The first-order valence-electron chi connectivity index (χ1n) is 6.16. The molecule has 6 nitrogen and oxygen atoms in total. The molecule has 1 aromatic carbocycles. The first-order valence-corrected chi connectivity index (χ1v) is 7.29. The minimum atomic E-state index is -0.440. The van der Waals surface area contributed by atoms with Gasteiger partial charge in [0.05, 0.1) is 24.6 Å². The van der Waals surface area contributed by atoms with Gasteiger partial charge in [-0.15, -0.1) is 0 Å². The second-order valence-corrected chi connectivity index (χ2v) is 4.32. The second kappa shape index (κ2) is 10.8. The monoisotopic (exact) mass is 358 g/mol. The number of halogens is 1. The summed E-state index contributed by atoms with van der Waals surface area (Å²) in [6.07, 6.45) is -0.103. The van der Waals surface area contributed by atoms with Crippen molar-refractivity contribution in [1.82, 2.24) is 0 Å². The number of benzene rings is 1. The topological polar surface area (TPSA) is 102 Å². The molecule has 0 fully saturated rings. The molecular weight excluding hydrogens is 340 g/mol. The Morgan fingerprint density at radius 3 is 2.43 bits per heavy atom. The number of methoxy groups -OCH3 is 1. The number of rotatable bonds is 6. The lowest BCUT2D eigenvalue weighted by Gasteiger charge is -2.04. The molecule has 0 spiro atoms. The zero-order valence-electron chi connectivity index (χ0n) is 12.0. The Balaban J connectivity index is 0.000000400. The minimum absolute atomic E-state index is 0.0347. The molecular formula is C14H19BrN2O4. The van der Waals surface area contributed by atoms with Crippen LogP contribution in [0.25, 0.3) is 0 Å². The molecule has 7 heteroatoms. The Labute approximate surface area is 132 Å². The number of nitrogens with two attached hydrogens (primary N) is 1. The van der Waals surface area contributed by atoms with E-state index in [0.717, 1.165) is 0 Å². The number of carbonyl (C=O) groups is 2. The first-order chi connectivity index (χ1) is 9.96. The van der Waals surface area contributed by atoms with Crippen LogP contribution in [0.3, 0.4) is 0 Å². The zero-order chi connectivity index (χ0) is 16.3. The quantitative estimate of drug-likeness (QED) is 0.266. The van der Waals surface area contributed by atoms with Crippen molar-refractivity contribution in [3.8, 4) is 5.75 Å². The van der Waals surface area contributed by atoms with E-state index in [0.29, 0.717) is 23.2 Å². The summed E-state index contributed by atoms with van der Waals surface area (Å²) in [5.74, 6) is 0.0628. The number of nitrogens with one attached hydrogen (secondary N) is 1. The summed E-state index contributed by atoms with van der Waals surface area (Å²) in [4.78, 5) is 21.7. The highest BCUT2D eigenvalue weighted by atomic mass is 79.9. The second-order valence-electron chi connectivity index (χ2n) is 3.76. The van der Waals surface area contributed by atoms with Crippen molar-refractivity contribution in [2.75, 3.05) is 19.0 Å². The van der Waals surface area contributed by atoms with E-state index in [2.05, 4.69) is 20.7 Å². The SMILES string of the molecule is CCOC(=O)CC(=N)N.COc1ccccc1C(=O)CBr. The van der Waals surface area contributed by atoms with Gasteiger partial charge in [0.15, 0.2) is 5.78 Å². The van der Waals surface area contributed by atoms with Gasteiger partial charge in [-0.3, -0.25) is 15.0 Å². The Kier molecular flexibility index (Phi) is 9.87. The maximum Gasteiger partial charge on any atom is 0.313 e. The third-order valence-electron chi connectivity index (χ3n) is 2.17. The molecule has 0 saturated heterocycles. The van der Waals surface area contributed by atoms with Crippen LogP contribution in [-0.2, 0) is 9.53 Å². The number of alkyl halides is 1. The summed E-state index contributed by atoms with van der Waals surface area (Å²) in [5, 5.41) is 7.01. The summed E-state index contributed by atoms with van der Waals surface area (Å²) in [5.41, 5.74) is 5.53. The standard InChI is InChI=1S/C9H9BrO2.C5H10N2O2/c1-12-9-5-3-2-4-7(9)8(11)6-10;1-2-9-5(8)3-4(6)7/h2-5H,6H2,1H3;2-3H2,1H3,(H3,6,7). The van der Waals surface area contributed by atoms with Gasteiger partial charge < -0.3 is 15.2 Å². The summed E-state index contributed by atoms with van der Waals surface area (Å²) in [6.45, 7) is 2.05. The van der Waals surface area contributed by atoms with Crippen LogP contribution in [0, 0.1) is 5.41 Å². The number of esters is 1. The van der Waals surface area contributed by atoms with Crippen LogP contribution in [0.2, 0.25) is 0 Å². The lowest BCUT2D eigenvalue weighted by Crippen LogP contribution is -2.17. The van der Waals surface area contributed by atoms with Crippen molar-refractivity contribution in [3.63, 3.8) is 0 Å². The van der Waals surface area contributed by atoms with Gasteiger partial charge in [-0.25, -0.2) is 0 Å². The molecule has 1 rings (SSSR count). The fraction of sp³-hybridized carbons (Fsp3) is 0.357. The molecule has 0 radical (unpaired) electrons. The molecule has 116 valence electrons. The van der Waals surface area contributed by atoms with Gasteiger partial charge in [0.2, 0.25) is 0 Å². The van der Waals surface area contributed by atoms with Crippen molar-refractivity contribution in [1.29, 1.82) is 5.41 Å². The Morgan fingerprint density at radius 1 is 1.33 bits per heavy atom. The van der Waals surface area contributed by atoms with Gasteiger partial charge in [0.1, 0.15) is 18.0 Å². The lowest BCUT2D eigenvalue weighted by molar-refractivity contribution is -0.141. The van der Waals surface area contributed by atoms with Gasteiger partial charge >= 0.3 is 5.97 Å². The van der Waals surface area contributed by atoms with E-state index in [1.807, 2.05) is 12.1 Å². The molecule has 0 amide bonds. The Morgan fingerprint density at radius 2 is 1.95 bits per heavy atom. The maximum atomic E-state index is 11.3. The lowest BCUT2D eigenvalue weighted by atomic mass is 10.1. The summed E-state index contributed by atoms with van der Waals surface area (Å²) < 4.78 is 9.52. The molecule has 0 aliphatic carbocycles. The van der Waals surface area contributed by atoms with Crippen molar-refractivity contribution >= 4 is 33.5 Å². The largest absolute Gasteiger partial charge is 0.496 e. The summed E-state index contributed by atoms with van der Waals surface area (Å²) in [7, 11) is 1.56. The number of ether oxygens (including phenoxy) is 2. The maximum absolute atomic E-state index is 11.3. The van der Waals surface area contributed by atoms with Crippen LogP contribution in [0.15, 0.2) is 24.3 Å². The Bertz CT molecular complexity index is 492. The fourth-order valence-corrected chi connectivity index (χ4v) is 1.62. The molecule has 0 aliphatic heterocycles. The number of hydrogen-bond acceptors (Lipinski definition) is 5. The number of carbonyl (C=O) groups excluding carboxylic acids is 2. The van der Waals surface area contributed by atoms with E-state index in [9.17, 15) is 9.59 Å². The normalized spacial score (nSPS) is 9.10. The van der Waals surface area contributed by atoms with Gasteiger partial charge in [-0.2, -0.15) is 0 Å². The number of ketones is 1. The van der Waals surface area contributed by atoms with E-state index in [-0.39, 0.29) is 18.0 Å². The molecule has 0 aliphatic rings. The molecule has 0 unspecified atom stereocenters. The van der Waals surface area contributed by atoms with Crippen LogP contribution >= 0.6 is 15.9 Å². The van der Waals surface area contributed by atoms with Crippen molar-refractivity contribution in [2.45, 2.75) is 13.3 Å². The highest BCUT2D eigenvalue weighted by molar-refractivity contribution is 9.09. The van der Waals surface area contributed by atoms with Crippen molar-refractivity contribution < 1.29 is 19.1 Å². The molecule has 0 heterocycles. The number of hydrogen-bond donors (Lipinski definition) is 2. The highest BCUT2D eigenvalue weighted by Gasteiger charge is 2.08. The fourth-order valence-electron chi connectivity index (χ4n) is 1.31.